The average Bonchev–Trinajstić information content (AvgIpc) is 3.50. The maximum atomic E-state index is 13.4. The van der Waals surface area contributed by atoms with Gasteiger partial charge in [-0.15, -0.1) is 0 Å². The van der Waals surface area contributed by atoms with Crippen molar-refractivity contribution in [2.45, 2.75) is 91.1 Å². The first-order valence-electron chi connectivity index (χ1n) is 14.2. The van der Waals surface area contributed by atoms with E-state index >= 15 is 0 Å². The molecule has 0 radical (unpaired) electrons. The van der Waals surface area contributed by atoms with Gasteiger partial charge >= 0.3 is 17.9 Å². The fourth-order valence-corrected chi connectivity index (χ4v) is 8.89. The van der Waals surface area contributed by atoms with Crippen LogP contribution in [-0.4, -0.2) is 66.9 Å². The highest BCUT2D eigenvalue weighted by atomic mass is 16.6. The summed E-state index contributed by atoms with van der Waals surface area (Å²) >= 11 is 0. The number of furan rings is 1. The maximum Gasteiger partial charge on any atom is 0.305 e. The lowest BCUT2D eigenvalue weighted by atomic mass is 9.44. The van der Waals surface area contributed by atoms with Crippen LogP contribution in [0.4, 0.5) is 0 Å². The maximum absolute atomic E-state index is 13.4. The van der Waals surface area contributed by atoms with Gasteiger partial charge in [0.25, 0.3) is 0 Å². The number of aliphatic hydroxyl groups is 1. The second-order valence-corrected chi connectivity index (χ2v) is 13.0. The average molecular weight is 573 g/mol. The van der Waals surface area contributed by atoms with Gasteiger partial charge in [-0.3, -0.25) is 19.2 Å². The topological polar surface area (TPSA) is 139 Å². The zero-order valence-corrected chi connectivity index (χ0v) is 24.7. The molecule has 0 amide bonds. The van der Waals surface area contributed by atoms with E-state index in [1.165, 1.54) is 21.0 Å². The Balaban J connectivity index is 1.80. The molecule has 0 spiro atoms. The van der Waals surface area contributed by atoms with E-state index < -0.39 is 70.4 Å². The summed E-state index contributed by atoms with van der Waals surface area (Å²) in [5, 5.41) is 11.7. The molecular formula is C31H40O10. The summed E-state index contributed by atoms with van der Waals surface area (Å²) in [5.41, 5.74) is -0.561. The first-order chi connectivity index (χ1) is 19.2. The van der Waals surface area contributed by atoms with Gasteiger partial charge in [0.15, 0.2) is 0 Å². The van der Waals surface area contributed by atoms with Crippen LogP contribution in [0.3, 0.4) is 0 Å². The minimum absolute atomic E-state index is 0.0351. The van der Waals surface area contributed by atoms with E-state index in [1.54, 1.807) is 12.5 Å². The lowest BCUT2D eigenvalue weighted by molar-refractivity contribution is -0.225. The Kier molecular flexibility index (Phi) is 7.26. The van der Waals surface area contributed by atoms with Crippen LogP contribution in [-0.2, 0) is 38.1 Å². The third-order valence-corrected chi connectivity index (χ3v) is 10.7. The van der Waals surface area contributed by atoms with Crippen molar-refractivity contribution in [1.29, 1.82) is 0 Å². The van der Waals surface area contributed by atoms with E-state index in [-0.39, 0.29) is 31.1 Å². The molecule has 3 aliphatic carbocycles. The van der Waals surface area contributed by atoms with Crippen LogP contribution in [0.1, 0.15) is 72.3 Å². The van der Waals surface area contributed by atoms with Gasteiger partial charge in [-0.05, 0) is 35.1 Å². The zero-order chi connectivity index (χ0) is 30.1. The van der Waals surface area contributed by atoms with Crippen LogP contribution >= 0.6 is 0 Å². The Morgan fingerprint density at radius 3 is 2.37 bits per heavy atom. The van der Waals surface area contributed by atoms with Gasteiger partial charge in [0, 0.05) is 54.8 Å². The Bertz CT molecular complexity index is 1280. The molecule has 5 rings (SSSR count). The normalized spacial score (nSPS) is 39.3. The first-order valence-corrected chi connectivity index (χ1v) is 14.2. The van der Waals surface area contributed by atoms with Crippen LogP contribution in [0.15, 0.2) is 34.2 Å². The Labute approximate surface area is 239 Å². The van der Waals surface area contributed by atoms with E-state index in [2.05, 4.69) is 0 Å². The largest absolute Gasteiger partial charge is 0.472 e. The molecule has 41 heavy (non-hydrogen) atoms. The highest BCUT2D eigenvalue weighted by molar-refractivity contribution is 5.87. The summed E-state index contributed by atoms with van der Waals surface area (Å²) in [6.07, 6.45) is 0.119. The third-order valence-electron chi connectivity index (χ3n) is 10.7. The van der Waals surface area contributed by atoms with Crippen molar-refractivity contribution in [3.05, 3.63) is 35.3 Å². The summed E-state index contributed by atoms with van der Waals surface area (Å²) in [5.74, 6) is -3.12. The number of rotatable bonds is 5. The molecule has 1 aliphatic heterocycles. The van der Waals surface area contributed by atoms with Crippen LogP contribution in [0.25, 0.3) is 0 Å². The molecule has 1 aromatic rings. The SMILES string of the molecule is COC(=O)C[C@H]1C(C)(C)C(=O)C[C@@H]2OCC3=C4[C@H](O)C[C@@H](c5ccoc5)[C@]4(C)[C@@H](OC(C)=O)[C@H](OC(C)=O)[C@@H]3[C@@]21C. The molecule has 9 atom stereocenters. The number of ether oxygens (including phenoxy) is 4. The molecule has 0 bridgehead atoms. The molecule has 1 saturated heterocycles. The number of fused-ring (bicyclic) bond motifs is 4. The molecule has 4 aliphatic rings. The zero-order valence-electron chi connectivity index (χ0n) is 24.7. The van der Waals surface area contributed by atoms with Crippen LogP contribution in [0.2, 0.25) is 0 Å². The molecule has 10 nitrogen and oxygen atoms in total. The fraction of sp³-hybridized carbons (Fsp3) is 0.677. The summed E-state index contributed by atoms with van der Waals surface area (Å²) in [4.78, 5) is 51.6. The molecule has 2 saturated carbocycles. The highest BCUT2D eigenvalue weighted by Gasteiger charge is 2.71. The van der Waals surface area contributed by atoms with Crippen LogP contribution in [0.5, 0.6) is 0 Å². The summed E-state index contributed by atoms with van der Waals surface area (Å²) in [7, 11) is 1.31. The number of aliphatic hydroxyl groups excluding tert-OH is 1. The number of Topliss-reactive ketones (excluding diaryl/α,β-unsaturated/α-hetero) is 1. The van der Waals surface area contributed by atoms with Gasteiger partial charge in [-0.1, -0.05) is 27.7 Å². The predicted octanol–water partition coefficient (Wildman–Crippen LogP) is 3.51. The first kappa shape index (κ1) is 29.5. The Morgan fingerprint density at radius 1 is 1.10 bits per heavy atom. The number of hydrogen-bond acceptors (Lipinski definition) is 10. The van der Waals surface area contributed by atoms with Gasteiger partial charge in [-0.2, -0.15) is 0 Å². The number of carbonyl (C=O) groups is 4. The Hall–Kier alpha value is -2.98. The van der Waals surface area contributed by atoms with E-state index in [0.717, 1.165) is 11.1 Å². The molecule has 1 aromatic heterocycles. The van der Waals surface area contributed by atoms with Crippen molar-refractivity contribution < 1.29 is 47.6 Å². The number of esters is 3. The molecule has 10 heteroatoms. The summed E-state index contributed by atoms with van der Waals surface area (Å²) in [6, 6.07) is 1.82. The van der Waals surface area contributed by atoms with Gasteiger partial charge in [0.2, 0.25) is 0 Å². The van der Waals surface area contributed by atoms with E-state index in [9.17, 15) is 24.3 Å². The van der Waals surface area contributed by atoms with Crippen LogP contribution < -0.4 is 0 Å². The fourth-order valence-electron chi connectivity index (χ4n) is 8.89. The lowest BCUT2D eigenvalue weighted by Crippen LogP contribution is -2.68. The quantitative estimate of drug-likeness (QED) is 0.317. The smallest absolute Gasteiger partial charge is 0.305 e. The Morgan fingerprint density at radius 2 is 1.78 bits per heavy atom. The van der Waals surface area contributed by atoms with Crippen molar-refractivity contribution >= 4 is 23.7 Å². The van der Waals surface area contributed by atoms with Crippen molar-refractivity contribution in [3.8, 4) is 0 Å². The minimum atomic E-state index is -0.972. The van der Waals surface area contributed by atoms with Crippen molar-refractivity contribution in [2.75, 3.05) is 13.7 Å². The number of ketones is 1. The monoisotopic (exact) mass is 572 g/mol. The molecule has 224 valence electrons. The number of methoxy groups -OCH3 is 1. The van der Waals surface area contributed by atoms with Crippen molar-refractivity contribution in [2.24, 2.45) is 28.1 Å². The van der Waals surface area contributed by atoms with Crippen LogP contribution in [0, 0.1) is 28.1 Å². The van der Waals surface area contributed by atoms with Gasteiger partial charge in [0.05, 0.1) is 38.5 Å². The third kappa shape index (κ3) is 4.28. The van der Waals surface area contributed by atoms with Crippen molar-refractivity contribution in [3.63, 3.8) is 0 Å². The summed E-state index contributed by atoms with van der Waals surface area (Å²) in [6.45, 7) is 10.3. The second kappa shape index (κ2) is 10.1. The van der Waals surface area contributed by atoms with E-state index in [1.807, 2.05) is 33.8 Å². The molecule has 2 heterocycles. The molecule has 1 N–H and O–H groups in total. The molecule has 0 aromatic carbocycles. The molecule has 0 unspecified atom stereocenters. The second-order valence-electron chi connectivity index (χ2n) is 13.0. The summed E-state index contributed by atoms with van der Waals surface area (Å²) < 4.78 is 29.1. The number of carbonyl (C=O) groups excluding carboxylic acids is 4. The van der Waals surface area contributed by atoms with Gasteiger partial charge in [-0.25, -0.2) is 0 Å². The highest BCUT2D eigenvalue weighted by Crippen LogP contribution is 2.68. The minimum Gasteiger partial charge on any atom is -0.472 e. The number of hydrogen-bond donors (Lipinski definition) is 1. The molecule has 3 fully saturated rings. The lowest BCUT2D eigenvalue weighted by Gasteiger charge is -2.63. The standard InChI is InChI=1S/C31H40O10/c1-15(32)40-27-26-18(14-39-23-12-22(35)29(3,4)21(31(23,26)6)11-24(36)37-7)25-20(34)10-19(17-8-9-38-13-17)30(25,5)28(27)41-16(2)33/h8-9,13,19-21,23,26-28,34H,10-12,14H2,1-7H3/t19-,20+,21-,23-,26+,27+,28-,30-,31+/m0/s1. The van der Waals surface area contributed by atoms with E-state index in [0.29, 0.717) is 12.0 Å². The van der Waals surface area contributed by atoms with E-state index in [4.69, 9.17) is 23.4 Å². The van der Waals surface area contributed by atoms with Crippen molar-refractivity contribution in [1.82, 2.24) is 0 Å². The predicted molar refractivity (Wildman–Crippen MR) is 143 cm³/mol. The molecular weight excluding hydrogens is 532 g/mol. The van der Waals surface area contributed by atoms with Gasteiger partial charge < -0.3 is 28.5 Å². The van der Waals surface area contributed by atoms with Gasteiger partial charge in [0.1, 0.15) is 18.0 Å².